The summed E-state index contributed by atoms with van der Waals surface area (Å²) in [6.07, 6.45) is 19.3. The van der Waals surface area contributed by atoms with Gasteiger partial charge in [-0.1, -0.05) is 59.7 Å². The Morgan fingerprint density at radius 1 is 0.354 bits per heavy atom. The van der Waals surface area contributed by atoms with E-state index in [0.29, 0.717) is 53.5 Å². The normalized spacial score (nSPS) is 12.7. The van der Waals surface area contributed by atoms with Gasteiger partial charge in [0.05, 0.1) is 64.9 Å². The molecular weight excluding hydrogens is 2090 g/mol. The van der Waals surface area contributed by atoms with Crippen molar-refractivity contribution >= 4 is 245 Å². The first-order valence-electron chi connectivity index (χ1n) is 44.1. The smallest absolute Gasteiger partial charge is 0.333 e. The number of sulfonamides is 4. The molecule has 50 heteroatoms. The quantitative estimate of drug-likeness (QED) is 0.0199. The van der Waals surface area contributed by atoms with E-state index in [2.05, 4.69) is 79.2 Å². The third kappa shape index (κ3) is 27.6. The van der Waals surface area contributed by atoms with Gasteiger partial charge in [0.15, 0.2) is 0 Å². The fourth-order valence-corrected chi connectivity index (χ4v) is 24.0. The van der Waals surface area contributed by atoms with Crippen molar-refractivity contribution in [1.82, 2.24) is 66.9 Å². The predicted octanol–water partition coefficient (Wildman–Crippen LogP) is 17.0. The number of pyridine rings is 8. The number of nitrogens with one attached hydrogen (secondary N) is 12. The van der Waals surface area contributed by atoms with Crippen LogP contribution in [0.2, 0.25) is 17.3 Å². The average molecular weight is 2180 g/mol. The zero-order valence-electron chi connectivity index (χ0n) is 76.4. The number of benzene rings is 4. The number of amides is 8. The highest BCUT2D eigenvalue weighted by Crippen LogP contribution is 2.33. The minimum atomic E-state index is -4.05. The Labute approximate surface area is 860 Å². The van der Waals surface area contributed by atoms with Crippen molar-refractivity contribution in [2.24, 2.45) is 5.92 Å². The van der Waals surface area contributed by atoms with E-state index >= 15 is 0 Å². The molecule has 144 heavy (non-hydrogen) atoms. The van der Waals surface area contributed by atoms with Crippen LogP contribution in [0.3, 0.4) is 0 Å². The van der Waals surface area contributed by atoms with Gasteiger partial charge in [-0.2, -0.15) is 0 Å². The Kier molecular flexibility index (Phi) is 34.0. The van der Waals surface area contributed by atoms with Crippen molar-refractivity contribution in [2.45, 2.75) is 62.3 Å². The van der Waals surface area contributed by atoms with Crippen LogP contribution in [0.25, 0.3) is 66.4 Å². The largest absolute Gasteiger partial charge is 0.385 e. The number of urea groups is 4. The molecule has 38 nitrogen and oxygen atoms in total. The lowest BCUT2D eigenvalue weighted by Gasteiger charge is -2.26. The number of halogens is 4. The molecule has 8 amide bonds. The van der Waals surface area contributed by atoms with Crippen LogP contribution in [0.4, 0.5) is 64.7 Å². The van der Waals surface area contributed by atoms with Crippen LogP contribution in [-0.4, -0.2) is 172 Å². The molecule has 0 bridgehead atoms. The number of piperidine rings is 1. The standard InChI is InChI=1S/C26H27ClN6O4S2.C23H23ClN6O4S2.C23H20ClN5O4S2.C22H20ClN5O4S2/c27-22-7-9-24(38-22)39(36,37)31-26(35)30-20-5-8-23(29-17-20)33-14-10-18-16-19(4-6-21(18)25(33)34)28-11-15-32-12-2-1-3-13-32;1-29(2)12-10-25-16-3-5-18-15(13-16)9-11-30(22(18)31)20-7-4-17(14-26-20)27-23(32)28-36(33,34)21-8-6-19(24)35-21;24-19-6-8-21(34-19)35(32,33)28-23(31)27-17-4-7-20(26-13-17)29-10-9-15-11-16(25-12-14-1-2-14)3-5-18(15)22(29)30;1-2-10-24-15-3-5-17-14(12-15)9-11-28(21(17)29)19-7-4-16(13-25-19)26-22(30)27-34(31,32)20-8-6-18(23)33-20/h4-10,14,16-17,28H,1-3,11-13,15H2,(H2,30,31,35);3-9,11,13-14,25H,10,12H2,1-2H3,(H2,27,28,32);3-11,13-14,25H,1-2,12H2,(H2,27,28,31);3-9,11-13,24H,2,10H2,1H3,(H2,26,27,30). The second-order valence-corrected chi connectivity index (χ2v) is 47.1. The molecule has 0 unspecified atom stereocenters. The first-order chi connectivity index (χ1) is 68.9. The SMILES string of the molecule is CCCNc1ccc2c(=O)n(-c3ccc(NC(=O)NS(=O)(=O)c4ccc(Cl)s4)cn3)ccc2c1.CN(C)CCNc1ccc2c(=O)n(-c3ccc(NC(=O)NS(=O)(=O)c4ccc(Cl)s4)cn3)ccc2c1.O=C(Nc1ccc(-n2ccc3cc(NCC4CC4)ccc3c2=O)nc1)NS(=O)(=O)c1ccc(Cl)s1.O=C(Nc1ccc(-n2ccc3cc(NCCN4CCCCC4)ccc3c2=O)nc1)NS(=O)(=O)c1ccc(Cl)s1. The second-order valence-electron chi connectivity index (χ2n) is 32.6. The minimum absolute atomic E-state index is 0.0763. The molecule has 4 aromatic carbocycles. The topological polar surface area (TPSA) is 495 Å². The monoisotopic (exact) mass is 2180 g/mol. The van der Waals surface area contributed by atoms with Gasteiger partial charge in [-0.05, 0) is 281 Å². The third-order valence-corrected chi connectivity index (χ3v) is 34.0. The Balaban J connectivity index is 0.000000145. The molecule has 0 atom stereocenters. The Hall–Kier alpha value is -13.7. The number of carbonyl (C=O) groups is 4. The highest BCUT2D eigenvalue weighted by molar-refractivity contribution is 7.93. The maximum Gasteiger partial charge on any atom is 0.333 e. The van der Waals surface area contributed by atoms with Gasteiger partial charge in [-0.3, -0.25) is 37.4 Å². The van der Waals surface area contributed by atoms with Gasteiger partial charge in [0.2, 0.25) is 0 Å². The molecule has 12 N–H and O–H groups in total. The van der Waals surface area contributed by atoms with Crippen LogP contribution in [0.1, 0.15) is 45.4 Å². The number of fused-ring (bicyclic) bond motifs is 4. The maximum atomic E-state index is 13.2. The molecule has 1 aliphatic heterocycles. The summed E-state index contributed by atoms with van der Waals surface area (Å²) in [6.45, 7) is 9.70. The van der Waals surface area contributed by atoms with Crippen LogP contribution in [-0.2, 0) is 40.1 Å². The summed E-state index contributed by atoms with van der Waals surface area (Å²) in [5.74, 6) is 2.17. The number of carbonyl (C=O) groups excluding carboxylic acids is 4. The van der Waals surface area contributed by atoms with Crippen molar-refractivity contribution in [1.29, 1.82) is 0 Å². The molecule has 1 aliphatic carbocycles. The lowest BCUT2D eigenvalue weighted by Crippen LogP contribution is -2.34. The summed E-state index contributed by atoms with van der Waals surface area (Å²) in [5.41, 5.74) is 3.92. The molecular formula is C94H90Cl4N22O16S8. The molecule has 748 valence electrons. The average Bonchev–Trinajstić information content (AvgIpc) is 1.45. The number of rotatable bonds is 30. The molecule has 1 saturated carbocycles. The maximum absolute atomic E-state index is 13.2. The van der Waals surface area contributed by atoms with Gasteiger partial charge in [0, 0.05) is 108 Å². The van der Waals surface area contributed by atoms with Crippen molar-refractivity contribution in [3.8, 4) is 23.3 Å². The second kappa shape index (κ2) is 46.8. The molecule has 2 aliphatic rings. The van der Waals surface area contributed by atoms with Crippen molar-refractivity contribution in [3.63, 3.8) is 0 Å². The number of nitrogens with zero attached hydrogens (tertiary/aromatic N) is 10. The zero-order valence-corrected chi connectivity index (χ0v) is 85.9. The molecule has 1 saturated heterocycles. The molecule has 0 radical (unpaired) electrons. The number of hydrogen-bond acceptors (Lipinski definition) is 30. The fourth-order valence-electron chi connectivity index (χ4n) is 14.5. The summed E-state index contributed by atoms with van der Waals surface area (Å²) < 4.78 is 112. The summed E-state index contributed by atoms with van der Waals surface area (Å²) in [5, 5.41) is 28.6. The Morgan fingerprint density at radius 3 is 0.889 bits per heavy atom. The van der Waals surface area contributed by atoms with E-state index in [1.807, 2.05) is 106 Å². The van der Waals surface area contributed by atoms with E-state index in [9.17, 15) is 72.0 Å². The molecule has 18 rings (SSSR count). The van der Waals surface area contributed by atoms with Crippen molar-refractivity contribution in [2.75, 3.05) is 109 Å². The Morgan fingerprint density at radius 2 is 0.632 bits per heavy atom. The van der Waals surface area contributed by atoms with Crippen molar-refractivity contribution < 1.29 is 52.8 Å². The highest BCUT2D eigenvalue weighted by atomic mass is 35.5. The van der Waals surface area contributed by atoms with Gasteiger partial charge in [-0.25, -0.2) is 91.7 Å². The molecule has 13 heterocycles. The van der Waals surface area contributed by atoms with E-state index < -0.39 is 64.2 Å². The van der Waals surface area contributed by atoms with Gasteiger partial charge in [0.25, 0.3) is 62.3 Å². The van der Waals surface area contributed by atoms with E-state index in [-0.39, 0.29) is 70.5 Å². The number of likely N-dealkylation sites (tertiary alicyclic amines) is 1. The predicted molar refractivity (Wildman–Crippen MR) is 570 cm³/mol. The highest BCUT2D eigenvalue weighted by Gasteiger charge is 2.27. The summed E-state index contributed by atoms with van der Waals surface area (Å²) in [4.78, 5) is 122. The van der Waals surface area contributed by atoms with Crippen LogP contribution in [0.15, 0.2) is 280 Å². The van der Waals surface area contributed by atoms with Gasteiger partial charge < -0.3 is 52.3 Å². The summed E-state index contributed by atoms with van der Waals surface area (Å²) in [7, 11) is -12.2. The summed E-state index contributed by atoms with van der Waals surface area (Å²) >= 11 is 26.4. The summed E-state index contributed by atoms with van der Waals surface area (Å²) in [6, 6.07) is 49.3. The number of hydrogen-bond donors (Lipinski definition) is 12. The van der Waals surface area contributed by atoms with E-state index in [4.69, 9.17) is 46.4 Å². The van der Waals surface area contributed by atoms with Crippen molar-refractivity contribution in [3.05, 3.63) is 302 Å². The third-order valence-electron chi connectivity index (χ3n) is 21.8. The van der Waals surface area contributed by atoms with E-state index in [1.54, 1.807) is 73.3 Å². The minimum Gasteiger partial charge on any atom is -0.385 e. The Bertz CT molecular complexity index is 8210. The lowest BCUT2D eigenvalue weighted by molar-refractivity contribution is 0.237. The number of aromatic nitrogens is 8. The van der Waals surface area contributed by atoms with Gasteiger partial charge >= 0.3 is 24.1 Å². The number of likely N-dealkylation sites (N-methyl/N-ethyl adjacent to an activating group) is 1. The lowest BCUT2D eigenvalue weighted by atomic mass is 10.1. The molecule has 16 aromatic rings. The van der Waals surface area contributed by atoms with Crippen LogP contribution in [0, 0.1) is 5.92 Å². The first-order valence-corrected chi connectivity index (χ1v) is 54.8. The van der Waals surface area contributed by atoms with Gasteiger partial charge in [0.1, 0.15) is 40.1 Å². The zero-order chi connectivity index (χ0) is 102. The number of anilines is 8. The van der Waals surface area contributed by atoms with Crippen LogP contribution in [0.5, 0.6) is 0 Å². The van der Waals surface area contributed by atoms with Crippen LogP contribution < -0.4 is 83.7 Å². The molecule has 0 spiro atoms. The first kappa shape index (κ1) is 105. The molecule has 2 fully saturated rings. The van der Waals surface area contributed by atoms with E-state index in [0.717, 1.165) is 154 Å². The fraction of sp³-hybridized carbons (Fsp3) is 0.191. The van der Waals surface area contributed by atoms with Crippen LogP contribution >= 0.6 is 91.8 Å². The van der Waals surface area contributed by atoms with E-state index in [1.165, 1.54) is 148 Å². The van der Waals surface area contributed by atoms with Gasteiger partial charge in [-0.15, -0.1) is 45.3 Å². The number of thiophene rings is 4. The molecule has 12 aromatic heterocycles.